The van der Waals surface area contributed by atoms with Crippen molar-refractivity contribution in [3.8, 4) is 0 Å². The average molecular weight is 351 g/mol. The van der Waals surface area contributed by atoms with Gasteiger partial charge in [-0.1, -0.05) is 25.5 Å². The maximum Gasteiger partial charge on any atom is 0.251 e. The van der Waals surface area contributed by atoms with Gasteiger partial charge in [-0.25, -0.2) is 0 Å². The summed E-state index contributed by atoms with van der Waals surface area (Å²) in [5.74, 6) is -0.0582. The highest BCUT2D eigenvalue weighted by Crippen LogP contribution is 2.07. The molecule has 2 N–H and O–H groups in total. The van der Waals surface area contributed by atoms with Crippen LogP contribution in [-0.4, -0.2) is 51.5 Å². The molecule has 0 aromatic heterocycles. The van der Waals surface area contributed by atoms with Gasteiger partial charge in [-0.05, 0) is 51.4 Å². The Morgan fingerprint density at radius 1 is 1.04 bits per heavy atom. The molecule has 0 spiro atoms. The highest BCUT2D eigenvalue weighted by atomic mass is 16.5. The zero-order valence-electron chi connectivity index (χ0n) is 16.2. The lowest BCUT2D eigenvalue weighted by atomic mass is 10.0. The minimum Gasteiger partial charge on any atom is -0.379 e. The average Bonchev–Trinajstić information content (AvgIpc) is 2.61. The van der Waals surface area contributed by atoms with E-state index in [1.165, 1.54) is 5.56 Å². The second-order valence-electron chi connectivity index (χ2n) is 6.81. The molecule has 0 aliphatic heterocycles. The van der Waals surface area contributed by atoms with Gasteiger partial charge in [0.1, 0.15) is 0 Å². The topological polar surface area (TPSA) is 59.6 Å². The molecule has 0 saturated carbocycles. The van der Waals surface area contributed by atoms with Gasteiger partial charge in [0.15, 0.2) is 0 Å². The van der Waals surface area contributed by atoms with Crippen LogP contribution in [-0.2, 0) is 15.9 Å². The lowest BCUT2D eigenvalue weighted by Crippen LogP contribution is -2.37. The Hall–Kier alpha value is -1.43. The second kappa shape index (κ2) is 12.0. The van der Waals surface area contributed by atoms with E-state index in [2.05, 4.69) is 31.4 Å². The molecule has 0 aliphatic carbocycles. The van der Waals surface area contributed by atoms with Gasteiger partial charge >= 0.3 is 0 Å². The SMILES string of the molecule is CCCc1ccc(C(=O)NCCOCCOCCC(C)(C)NC)cc1. The summed E-state index contributed by atoms with van der Waals surface area (Å²) in [7, 11) is 1.96. The summed E-state index contributed by atoms with van der Waals surface area (Å²) < 4.78 is 11.0. The normalized spacial score (nSPS) is 11.5. The number of carbonyl (C=O) groups excluding carboxylic acids is 1. The lowest BCUT2D eigenvalue weighted by Gasteiger charge is -2.23. The fourth-order valence-corrected chi connectivity index (χ4v) is 2.22. The van der Waals surface area contributed by atoms with Crippen molar-refractivity contribution >= 4 is 5.91 Å². The molecular formula is C20H34N2O3. The summed E-state index contributed by atoms with van der Waals surface area (Å²) >= 11 is 0. The van der Waals surface area contributed by atoms with E-state index in [-0.39, 0.29) is 11.4 Å². The minimum atomic E-state index is -0.0582. The molecule has 5 nitrogen and oxygen atoms in total. The zero-order chi connectivity index (χ0) is 18.5. The summed E-state index contributed by atoms with van der Waals surface area (Å²) in [6.45, 7) is 9.26. The van der Waals surface area contributed by atoms with E-state index in [0.29, 0.717) is 38.5 Å². The molecule has 25 heavy (non-hydrogen) atoms. The second-order valence-corrected chi connectivity index (χ2v) is 6.81. The number of aryl methyl sites for hydroxylation is 1. The van der Waals surface area contributed by atoms with Gasteiger partial charge in [-0.15, -0.1) is 0 Å². The van der Waals surface area contributed by atoms with Gasteiger partial charge in [-0.3, -0.25) is 4.79 Å². The molecule has 1 aromatic rings. The summed E-state index contributed by atoms with van der Waals surface area (Å²) in [6.07, 6.45) is 3.11. The van der Waals surface area contributed by atoms with Crippen LogP contribution in [0.5, 0.6) is 0 Å². The Morgan fingerprint density at radius 2 is 1.68 bits per heavy atom. The van der Waals surface area contributed by atoms with Crippen LogP contribution in [0.3, 0.4) is 0 Å². The first kappa shape index (κ1) is 21.6. The van der Waals surface area contributed by atoms with Crippen LogP contribution in [0.1, 0.15) is 49.5 Å². The number of ether oxygens (including phenoxy) is 2. The molecule has 1 rings (SSSR count). The molecule has 0 bridgehead atoms. The third-order valence-corrected chi connectivity index (χ3v) is 4.21. The van der Waals surface area contributed by atoms with Gasteiger partial charge in [0.25, 0.3) is 5.91 Å². The predicted octanol–water partition coefficient (Wildman–Crippen LogP) is 2.79. The summed E-state index contributed by atoms with van der Waals surface area (Å²) in [5, 5.41) is 6.11. The Bertz CT molecular complexity index is 486. The maximum absolute atomic E-state index is 12.0. The fraction of sp³-hybridized carbons (Fsp3) is 0.650. The Kier molecular flexibility index (Phi) is 10.4. The quantitative estimate of drug-likeness (QED) is 0.537. The molecule has 0 aliphatic rings. The van der Waals surface area contributed by atoms with Crippen LogP contribution in [0, 0.1) is 0 Å². The molecule has 142 valence electrons. The molecule has 0 atom stereocenters. The van der Waals surface area contributed by atoms with Crippen LogP contribution in [0.4, 0.5) is 0 Å². The molecule has 0 heterocycles. The molecule has 0 fully saturated rings. The third kappa shape index (κ3) is 9.58. The van der Waals surface area contributed by atoms with E-state index >= 15 is 0 Å². The van der Waals surface area contributed by atoms with Crippen molar-refractivity contribution in [3.05, 3.63) is 35.4 Å². The molecule has 0 saturated heterocycles. The highest BCUT2D eigenvalue weighted by Gasteiger charge is 2.13. The van der Waals surface area contributed by atoms with E-state index in [1.54, 1.807) is 0 Å². The Balaban J connectivity index is 2.04. The number of nitrogens with one attached hydrogen (secondary N) is 2. The molecule has 0 unspecified atom stereocenters. The molecule has 1 amide bonds. The van der Waals surface area contributed by atoms with Crippen LogP contribution in [0.2, 0.25) is 0 Å². The van der Waals surface area contributed by atoms with Crippen molar-refractivity contribution in [1.82, 2.24) is 10.6 Å². The van der Waals surface area contributed by atoms with Crippen molar-refractivity contribution in [2.24, 2.45) is 0 Å². The monoisotopic (exact) mass is 350 g/mol. The van der Waals surface area contributed by atoms with E-state index in [9.17, 15) is 4.79 Å². The zero-order valence-corrected chi connectivity index (χ0v) is 16.2. The van der Waals surface area contributed by atoms with Gasteiger partial charge in [0, 0.05) is 24.3 Å². The first-order chi connectivity index (χ1) is 12.0. The van der Waals surface area contributed by atoms with Crippen LogP contribution >= 0.6 is 0 Å². The van der Waals surface area contributed by atoms with E-state index in [1.807, 2.05) is 31.3 Å². The van der Waals surface area contributed by atoms with Crippen molar-refractivity contribution < 1.29 is 14.3 Å². The third-order valence-electron chi connectivity index (χ3n) is 4.21. The molecular weight excluding hydrogens is 316 g/mol. The fourth-order valence-electron chi connectivity index (χ4n) is 2.22. The van der Waals surface area contributed by atoms with E-state index in [4.69, 9.17) is 9.47 Å². The van der Waals surface area contributed by atoms with Gasteiger partial charge in [0.05, 0.1) is 19.8 Å². The van der Waals surface area contributed by atoms with E-state index in [0.717, 1.165) is 19.3 Å². The van der Waals surface area contributed by atoms with Crippen molar-refractivity contribution in [2.75, 3.05) is 40.0 Å². The number of rotatable bonds is 13. The number of amides is 1. The smallest absolute Gasteiger partial charge is 0.251 e. The Labute approximate surface area is 152 Å². The molecule has 5 heteroatoms. The first-order valence-corrected chi connectivity index (χ1v) is 9.20. The standard InChI is InChI=1S/C20H34N2O3/c1-5-6-17-7-9-18(10-8-17)19(23)22-12-14-25-16-15-24-13-11-20(2,3)21-4/h7-10,21H,5-6,11-16H2,1-4H3,(H,22,23). The summed E-state index contributed by atoms with van der Waals surface area (Å²) in [5.41, 5.74) is 2.05. The number of hydrogen-bond donors (Lipinski definition) is 2. The van der Waals surface area contributed by atoms with Crippen molar-refractivity contribution in [1.29, 1.82) is 0 Å². The molecule has 1 aromatic carbocycles. The largest absolute Gasteiger partial charge is 0.379 e. The van der Waals surface area contributed by atoms with Crippen molar-refractivity contribution in [2.45, 2.75) is 45.6 Å². The molecule has 0 radical (unpaired) electrons. The summed E-state index contributed by atoms with van der Waals surface area (Å²) in [6, 6.07) is 7.78. The van der Waals surface area contributed by atoms with Gasteiger partial charge in [-0.2, -0.15) is 0 Å². The van der Waals surface area contributed by atoms with Gasteiger partial charge < -0.3 is 20.1 Å². The predicted molar refractivity (Wildman–Crippen MR) is 102 cm³/mol. The number of hydrogen-bond acceptors (Lipinski definition) is 4. The summed E-state index contributed by atoms with van der Waals surface area (Å²) in [4.78, 5) is 12.0. The Morgan fingerprint density at radius 3 is 2.28 bits per heavy atom. The van der Waals surface area contributed by atoms with Crippen LogP contribution < -0.4 is 10.6 Å². The van der Waals surface area contributed by atoms with Gasteiger partial charge in [0.2, 0.25) is 0 Å². The number of benzene rings is 1. The maximum atomic E-state index is 12.0. The van der Waals surface area contributed by atoms with Crippen molar-refractivity contribution in [3.63, 3.8) is 0 Å². The van der Waals surface area contributed by atoms with E-state index < -0.39 is 0 Å². The van der Waals surface area contributed by atoms with Crippen LogP contribution in [0.15, 0.2) is 24.3 Å². The minimum absolute atomic E-state index is 0.0582. The first-order valence-electron chi connectivity index (χ1n) is 9.20. The lowest BCUT2D eigenvalue weighted by molar-refractivity contribution is 0.0418. The highest BCUT2D eigenvalue weighted by molar-refractivity contribution is 5.94. The van der Waals surface area contributed by atoms with Crippen LogP contribution in [0.25, 0.3) is 0 Å². The number of carbonyl (C=O) groups is 1.